The van der Waals surface area contributed by atoms with Crippen molar-refractivity contribution in [3.8, 4) is 0 Å². The van der Waals surface area contributed by atoms with E-state index in [-0.39, 0.29) is 11.8 Å². The topological polar surface area (TPSA) is 91.0 Å². The maximum Gasteiger partial charge on any atom is 0.253 e. The van der Waals surface area contributed by atoms with Crippen LogP contribution in [0.25, 0.3) is 10.2 Å². The van der Waals surface area contributed by atoms with Gasteiger partial charge in [0.25, 0.3) is 5.91 Å². The van der Waals surface area contributed by atoms with E-state index < -0.39 is 5.41 Å². The lowest BCUT2D eigenvalue weighted by Crippen LogP contribution is -2.51. The van der Waals surface area contributed by atoms with E-state index in [1.807, 2.05) is 50.8 Å². The van der Waals surface area contributed by atoms with Gasteiger partial charge in [-0.1, -0.05) is 0 Å². The van der Waals surface area contributed by atoms with Crippen molar-refractivity contribution in [1.29, 1.82) is 0 Å². The Kier molecular flexibility index (Phi) is 5.36. The Balaban J connectivity index is 1.46. The Morgan fingerprint density at radius 2 is 2.10 bits per heavy atom. The molecule has 1 saturated heterocycles. The van der Waals surface area contributed by atoms with Crippen molar-refractivity contribution in [1.82, 2.24) is 25.4 Å². The second-order valence-electron chi connectivity index (χ2n) is 8.40. The van der Waals surface area contributed by atoms with Crippen LogP contribution in [0.3, 0.4) is 0 Å². The summed E-state index contributed by atoms with van der Waals surface area (Å²) in [6.07, 6.45) is 1.57. The second-order valence-corrected chi connectivity index (χ2v) is 9.64. The molecular weight excluding hydrogens is 398 g/mol. The van der Waals surface area contributed by atoms with Crippen LogP contribution in [0, 0.1) is 26.2 Å². The van der Waals surface area contributed by atoms with Gasteiger partial charge in [0.1, 0.15) is 0 Å². The van der Waals surface area contributed by atoms with Gasteiger partial charge < -0.3 is 10.2 Å². The monoisotopic (exact) mass is 425 g/mol. The van der Waals surface area contributed by atoms with Gasteiger partial charge >= 0.3 is 0 Å². The maximum absolute atomic E-state index is 13.2. The number of rotatable bonds is 4. The van der Waals surface area contributed by atoms with Crippen LogP contribution in [-0.2, 0) is 11.3 Å². The summed E-state index contributed by atoms with van der Waals surface area (Å²) in [5.74, 6) is -0.0447. The predicted molar refractivity (Wildman–Crippen MR) is 118 cm³/mol. The summed E-state index contributed by atoms with van der Waals surface area (Å²) in [6.45, 7) is 9.32. The van der Waals surface area contributed by atoms with Crippen LogP contribution in [0.2, 0.25) is 0 Å². The summed E-state index contributed by atoms with van der Waals surface area (Å²) in [4.78, 5) is 32.5. The van der Waals surface area contributed by atoms with E-state index in [4.69, 9.17) is 0 Å². The van der Waals surface area contributed by atoms with E-state index in [1.165, 1.54) is 0 Å². The number of H-pyrrole nitrogens is 1. The number of hydrogen-bond donors (Lipinski definition) is 2. The van der Waals surface area contributed by atoms with Crippen molar-refractivity contribution in [3.05, 3.63) is 45.7 Å². The molecule has 2 amide bonds. The average molecular weight is 426 g/mol. The van der Waals surface area contributed by atoms with Gasteiger partial charge in [-0.15, -0.1) is 11.3 Å². The summed E-state index contributed by atoms with van der Waals surface area (Å²) in [5.41, 5.74) is 3.84. The van der Waals surface area contributed by atoms with E-state index >= 15 is 0 Å². The first-order valence-electron chi connectivity index (χ1n) is 10.2. The fourth-order valence-corrected chi connectivity index (χ4v) is 5.04. The molecule has 1 fully saturated rings. The predicted octanol–water partition coefficient (Wildman–Crippen LogP) is 3.50. The van der Waals surface area contributed by atoms with Crippen LogP contribution in [0.5, 0.6) is 0 Å². The standard InChI is InChI=1S/C22H27N5O2S/c1-13-17(14(2)26-25-13)11-23-21(29)22(4)8-5-9-27(12-22)20(28)16-6-7-18-19(10-16)30-15(3)24-18/h6-7,10H,5,8-9,11-12H2,1-4H3,(H,23,29)(H,25,26). The van der Waals surface area contributed by atoms with Crippen LogP contribution >= 0.6 is 11.3 Å². The molecule has 1 unspecified atom stereocenters. The van der Waals surface area contributed by atoms with Crippen molar-refractivity contribution >= 4 is 33.4 Å². The van der Waals surface area contributed by atoms with Crippen molar-refractivity contribution in [2.24, 2.45) is 5.41 Å². The number of piperidine rings is 1. The highest BCUT2D eigenvalue weighted by molar-refractivity contribution is 7.18. The number of nitrogens with one attached hydrogen (secondary N) is 2. The fourth-order valence-electron chi connectivity index (χ4n) is 4.17. The minimum atomic E-state index is -0.607. The second kappa shape index (κ2) is 7.83. The Morgan fingerprint density at radius 1 is 1.30 bits per heavy atom. The number of aromatic amines is 1. The molecule has 0 aliphatic carbocycles. The van der Waals surface area contributed by atoms with Crippen LogP contribution in [0.15, 0.2) is 18.2 Å². The highest BCUT2D eigenvalue weighted by Crippen LogP contribution is 2.31. The third-order valence-corrected chi connectivity index (χ3v) is 6.91. The summed E-state index contributed by atoms with van der Waals surface area (Å²) in [6, 6.07) is 5.65. The van der Waals surface area contributed by atoms with Gasteiger partial charge in [0.2, 0.25) is 5.91 Å². The number of hydrogen-bond acceptors (Lipinski definition) is 5. The zero-order valence-corrected chi connectivity index (χ0v) is 18.7. The quantitative estimate of drug-likeness (QED) is 0.669. The van der Waals surface area contributed by atoms with E-state index in [0.29, 0.717) is 25.2 Å². The molecular formula is C22H27N5O2S. The number of aryl methyl sites for hydroxylation is 3. The number of nitrogens with zero attached hydrogens (tertiary/aromatic N) is 3. The highest BCUT2D eigenvalue weighted by Gasteiger charge is 2.39. The van der Waals surface area contributed by atoms with E-state index in [9.17, 15) is 9.59 Å². The lowest BCUT2D eigenvalue weighted by molar-refractivity contribution is -0.132. The Hall–Kier alpha value is -2.74. The van der Waals surface area contributed by atoms with Crippen molar-refractivity contribution in [2.75, 3.05) is 13.1 Å². The lowest BCUT2D eigenvalue weighted by Gasteiger charge is -2.39. The lowest BCUT2D eigenvalue weighted by atomic mass is 9.80. The molecule has 3 aromatic rings. The maximum atomic E-state index is 13.2. The molecule has 30 heavy (non-hydrogen) atoms. The van der Waals surface area contributed by atoms with E-state index in [2.05, 4.69) is 20.5 Å². The van der Waals surface area contributed by atoms with Crippen molar-refractivity contribution in [3.63, 3.8) is 0 Å². The van der Waals surface area contributed by atoms with E-state index in [1.54, 1.807) is 11.3 Å². The average Bonchev–Trinajstić information content (AvgIpc) is 3.25. The van der Waals surface area contributed by atoms with Gasteiger partial charge in [-0.2, -0.15) is 5.10 Å². The Bertz CT molecular complexity index is 1100. The van der Waals surface area contributed by atoms with E-state index in [0.717, 1.165) is 45.0 Å². The zero-order chi connectivity index (χ0) is 21.5. The molecule has 1 aromatic carbocycles. The van der Waals surface area contributed by atoms with Gasteiger partial charge in [-0.25, -0.2) is 4.98 Å². The number of carbonyl (C=O) groups excluding carboxylic acids is 2. The number of benzene rings is 1. The summed E-state index contributed by atoms with van der Waals surface area (Å²) in [7, 11) is 0. The van der Waals surface area contributed by atoms with Crippen LogP contribution < -0.4 is 5.32 Å². The van der Waals surface area contributed by atoms with Gasteiger partial charge in [-0.05, 0) is 58.7 Å². The van der Waals surface area contributed by atoms with Crippen LogP contribution in [0.4, 0.5) is 0 Å². The molecule has 1 aliphatic rings. The first-order chi connectivity index (χ1) is 14.3. The molecule has 0 bridgehead atoms. The number of likely N-dealkylation sites (tertiary alicyclic amines) is 1. The third-order valence-electron chi connectivity index (χ3n) is 5.98. The molecule has 0 spiro atoms. The normalized spacial score (nSPS) is 19.3. The van der Waals surface area contributed by atoms with Crippen LogP contribution in [0.1, 0.15) is 52.1 Å². The number of fused-ring (bicyclic) bond motifs is 1. The molecule has 0 radical (unpaired) electrons. The highest BCUT2D eigenvalue weighted by atomic mass is 32.1. The molecule has 0 saturated carbocycles. The minimum absolute atomic E-state index is 0.0199. The molecule has 1 aliphatic heterocycles. The summed E-state index contributed by atoms with van der Waals surface area (Å²) >= 11 is 1.59. The number of aromatic nitrogens is 3. The SMILES string of the molecule is Cc1nc2ccc(C(=O)N3CCCC(C)(C(=O)NCc4c(C)n[nH]c4C)C3)cc2s1. The molecule has 2 aromatic heterocycles. The molecule has 2 N–H and O–H groups in total. The number of thiazole rings is 1. The summed E-state index contributed by atoms with van der Waals surface area (Å²) < 4.78 is 1.02. The summed E-state index contributed by atoms with van der Waals surface area (Å²) in [5, 5.41) is 11.2. The molecule has 1 atom stereocenters. The fraction of sp³-hybridized carbons (Fsp3) is 0.455. The zero-order valence-electron chi connectivity index (χ0n) is 17.8. The molecule has 3 heterocycles. The number of carbonyl (C=O) groups is 2. The first kappa shape index (κ1) is 20.5. The molecule has 158 valence electrons. The molecule has 8 heteroatoms. The largest absolute Gasteiger partial charge is 0.351 e. The molecule has 7 nitrogen and oxygen atoms in total. The van der Waals surface area contributed by atoms with Gasteiger partial charge in [0, 0.05) is 36.5 Å². The Labute approximate surface area is 179 Å². The minimum Gasteiger partial charge on any atom is -0.351 e. The number of amides is 2. The van der Waals surface area contributed by atoms with Gasteiger partial charge in [-0.3, -0.25) is 14.7 Å². The van der Waals surface area contributed by atoms with Gasteiger partial charge in [0.15, 0.2) is 0 Å². The first-order valence-corrected chi connectivity index (χ1v) is 11.0. The third kappa shape index (κ3) is 3.84. The van der Waals surface area contributed by atoms with Crippen molar-refractivity contribution in [2.45, 2.75) is 47.1 Å². The molecule has 4 rings (SSSR count). The van der Waals surface area contributed by atoms with Crippen molar-refractivity contribution < 1.29 is 9.59 Å². The smallest absolute Gasteiger partial charge is 0.253 e. The van der Waals surface area contributed by atoms with Gasteiger partial charge in [0.05, 0.1) is 26.3 Å². The van der Waals surface area contributed by atoms with Crippen LogP contribution in [-0.4, -0.2) is 45.0 Å². The Morgan fingerprint density at radius 3 is 2.83 bits per heavy atom.